The molecule has 4 aliphatic rings. The van der Waals surface area contributed by atoms with E-state index in [4.69, 9.17) is 0 Å². The minimum Gasteiger partial charge on any atom is -0.352 e. The fraction of sp³-hybridized carbons (Fsp3) is 0.762. The van der Waals surface area contributed by atoms with Gasteiger partial charge >= 0.3 is 6.03 Å². The molecule has 0 aliphatic carbocycles. The molecule has 1 N–H and O–H groups in total. The number of rotatable bonds is 3. The van der Waals surface area contributed by atoms with Crippen molar-refractivity contribution < 1.29 is 14.4 Å². The van der Waals surface area contributed by atoms with Crippen molar-refractivity contribution in [2.45, 2.75) is 44.6 Å². The molecular weight excluding hydrogens is 356 g/mol. The van der Waals surface area contributed by atoms with Crippen molar-refractivity contribution in [3.05, 3.63) is 12.7 Å². The highest BCUT2D eigenvalue weighted by Crippen LogP contribution is 2.38. The summed E-state index contributed by atoms with van der Waals surface area (Å²) < 4.78 is 0. The third kappa shape index (κ3) is 3.76. The summed E-state index contributed by atoms with van der Waals surface area (Å²) in [4.78, 5) is 43.6. The molecule has 4 saturated heterocycles. The Bertz CT molecular complexity index is 644. The molecule has 4 heterocycles. The van der Waals surface area contributed by atoms with Crippen LogP contribution < -0.4 is 5.32 Å². The van der Waals surface area contributed by atoms with Crippen LogP contribution in [0.25, 0.3) is 0 Å². The van der Waals surface area contributed by atoms with Crippen LogP contribution >= 0.6 is 0 Å². The maximum absolute atomic E-state index is 13.1. The van der Waals surface area contributed by atoms with E-state index in [0.29, 0.717) is 49.8 Å². The SMILES string of the molecule is C=CCNC(=O)C1CCN(C(=O)N2CC3CC(C2)[C@H]2CCCC(=O)N2C3)CC1. The first kappa shape index (κ1) is 19.3. The summed E-state index contributed by atoms with van der Waals surface area (Å²) in [5.74, 6) is 1.20. The lowest BCUT2D eigenvalue weighted by Crippen LogP contribution is -2.62. The predicted octanol–water partition coefficient (Wildman–Crippen LogP) is 1.45. The molecule has 28 heavy (non-hydrogen) atoms. The Morgan fingerprint density at radius 1 is 1.11 bits per heavy atom. The van der Waals surface area contributed by atoms with Crippen molar-refractivity contribution in [2.75, 3.05) is 39.3 Å². The molecule has 0 spiro atoms. The Hall–Kier alpha value is -2.05. The maximum atomic E-state index is 13.1. The van der Waals surface area contributed by atoms with Gasteiger partial charge in [-0.1, -0.05) is 6.08 Å². The zero-order valence-corrected chi connectivity index (χ0v) is 16.6. The minimum atomic E-state index is -0.00783. The predicted molar refractivity (Wildman–Crippen MR) is 105 cm³/mol. The Balaban J connectivity index is 1.32. The average Bonchev–Trinajstić information content (AvgIpc) is 2.72. The molecule has 2 bridgehead atoms. The number of nitrogens with one attached hydrogen (secondary N) is 1. The summed E-state index contributed by atoms with van der Waals surface area (Å²) in [6.45, 7) is 7.74. The molecule has 3 atom stereocenters. The fourth-order valence-electron chi connectivity index (χ4n) is 5.62. The summed E-state index contributed by atoms with van der Waals surface area (Å²) in [6, 6.07) is 0.447. The molecule has 154 valence electrons. The summed E-state index contributed by atoms with van der Waals surface area (Å²) in [5, 5.41) is 2.86. The summed E-state index contributed by atoms with van der Waals surface area (Å²) in [5.41, 5.74) is 0. The van der Waals surface area contributed by atoms with Crippen molar-refractivity contribution in [3.8, 4) is 0 Å². The number of urea groups is 1. The van der Waals surface area contributed by atoms with Gasteiger partial charge in [-0.2, -0.15) is 0 Å². The smallest absolute Gasteiger partial charge is 0.320 e. The van der Waals surface area contributed by atoms with Crippen molar-refractivity contribution in [1.29, 1.82) is 0 Å². The first-order chi connectivity index (χ1) is 13.6. The van der Waals surface area contributed by atoms with E-state index in [1.165, 1.54) is 0 Å². The van der Waals surface area contributed by atoms with Gasteiger partial charge in [0.25, 0.3) is 0 Å². The molecule has 4 aliphatic heterocycles. The van der Waals surface area contributed by atoms with Gasteiger partial charge in [0.15, 0.2) is 0 Å². The first-order valence-corrected chi connectivity index (χ1v) is 10.8. The number of nitrogens with zero attached hydrogens (tertiary/aromatic N) is 3. The van der Waals surface area contributed by atoms with Gasteiger partial charge in [0.2, 0.25) is 11.8 Å². The number of hydrogen-bond acceptors (Lipinski definition) is 3. The zero-order valence-electron chi connectivity index (χ0n) is 16.6. The van der Waals surface area contributed by atoms with Crippen LogP contribution in [0.4, 0.5) is 4.79 Å². The number of piperidine rings is 4. The zero-order chi connectivity index (χ0) is 19.7. The highest BCUT2D eigenvalue weighted by Gasteiger charge is 2.45. The Morgan fingerprint density at radius 2 is 1.89 bits per heavy atom. The van der Waals surface area contributed by atoms with Gasteiger partial charge in [0.1, 0.15) is 0 Å². The third-order valence-corrected chi connectivity index (χ3v) is 7.01. The second-order valence-corrected chi connectivity index (χ2v) is 8.85. The summed E-state index contributed by atoms with van der Waals surface area (Å²) >= 11 is 0. The first-order valence-electron chi connectivity index (χ1n) is 10.8. The molecule has 4 rings (SSSR count). The van der Waals surface area contributed by atoms with Crippen molar-refractivity contribution in [2.24, 2.45) is 17.8 Å². The van der Waals surface area contributed by atoms with Crippen molar-refractivity contribution >= 4 is 17.8 Å². The lowest BCUT2D eigenvalue weighted by molar-refractivity contribution is -0.144. The van der Waals surface area contributed by atoms with Crippen LogP contribution in [-0.2, 0) is 9.59 Å². The van der Waals surface area contributed by atoms with E-state index >= 15 is 0 Å². The van der Waals surface area contributed by atoms with Crippen molar-refractivity contribution in [1.82, 2.24) is 20.0 Å². The molecule has 0 aromatic carbocycles. The summed E-state index contributed by atoms with van der Waals surface area (Å²) in [7, 11) is 0. The lowest BCUT2D eigenvalue weighted by atomic mass is 9.76. The van der Waals surface area contributed by atoms with Crippen LogP contribution in [0.15, 0.2) is 12.7 Å². The van der Waals surface area contributed by atoms with E-state index in [9.17, 15) is 14.4 Å². The standard InChI is InChI=1S/C21H32N4O3/c1-2-8-22-20(27)16-6-9-23(10-7-16)21(28)24-12-15-11-17(14-24)18-4-3-5-19(26)25(18)13-15/h2,15-18H,1,3-14H2,(H,22,27)/t15?,17?,18-/m1/s1. The fourth-order valence-corrected chi connectivity index (χ4v) is 5.62. The van der Waals surface area contributed by atoms with E-state index in [1.54, 1.807) is 6.08 Å². The highest BCUT2D eigenvalue weighted by molar-refractivity contribution is 5.80. The van der Waals surface area contributed by atoms with Gasteiger partial charge in [0, 0.05) is 57.6 Å². The van der Waals surface area contributed by atoms with E-state index in [2.05, 4.69) is 16.8 Å². The van der Waals surface area contributed by atoms with Crippen LogP contribution in [0.1, 0.15) is 38.5 Å². The molecule has 7 nitrogen and oxygen atoms in total. The second-order valence-electron chi connectivity index (χ2n) is 8.85. The van der Waals surface area contributed by atoms with Gasteiger partial charge < -0.3 is 20.0 Å². The molecular formula is C21H32N4O3. The molecule has 0 aromatic heterocycles. The van der Waals surface area contributed by atoms with E-state index in [1.807, 2.05) is 9.80 Å². The normalized spacial score (nSPS) is 30.6. The maximum Gasteiger partial charge on any atom is 0.320 e. The topological polar surface area (TPSA) is 73.0 Å². The second kappa shape index (κ2) is 8.13. The van der Waals surface area contributed by atoms with Gasteiger partial charge in [0.05, 0.1) is 0 Å². The molecule has 4 fully saturated rings. The number of likely N-dealkylation sites (tertiary alicyclic amines) is 2. The lowest BCUT2D eigenvalue weighted by Gasteiger charge is -2.53. The average molecular weight is 389 g/mol. The molecule has 0 saturated carbocycles. The van der Waals surface area contributed by atoms with Crippen LogP contribution in [0.3, 0.4) is 0 Å². The molecule has 4 amide bonds. The third-order valence-electron chi connectivity index (χ3n) is 7.01. The van der Waals surface area contributed by atoms with E-state index in [-0.39, 0.29) is 17.9 Å². The quantitative estimate of drug-likeness (QED) is 0.744. The Kier molecular flexibility index (Phi) is 5.60. The van der Waals surface area contributed by atoms with Crippen molar-refractivity contribution in [3.63, 3.8) is 0 Å². The van der Waals surface area contributed by atoms with Gasteiger partial charge in [-0.3, -0.25) is 9.59 Å². The number of amides is 4. The van der Waals surface area contributed by atoms with Gasteiger partial charge in [-0.05, 0) is 43.9 Å². The minimum absolute atomic E-state index is 0.00783. The van der Waals surface area contributed by atoms with E-state index in [0.717, 1.165) is 51.7 Å². The molecule has 0 aromatic rings. The largest absolute Gasteiger partial charge is 0.352 e. The number of carbonyl (C=O) groups excluding carboxylic acids is 3. The van der Waals surface area contributed by atoms with E-state index < -0.39 is 0 Å². The van der Waals surface area contributed by atoms with Crippen LogP contribution in [0.2, 0.25) is 0 Å². The molecule has 2 unspecified atom stereocenters. The van der Waals surface area contributed by atoms with Crippen LogP contribution in [0.5, 0.6) is 0 Å². The van der Waals surface area contributed by atoms with Crippen LogP contribution in [-0.4, -0.2) is 77.9 Å². The molecule has 0 radical (unpaired) electrons. The molecule has 7 heteroatoms. The monoisotopic (exact) mass is 388 g/mol. The Morgan fingerprint density at radius 3 is 2.64 bits per heavy atom. The number of fused-ring (bicyclic) bond motifs is 4. The number of hydrogen-bond donors (Lipinski definition) is 1. The van der Waals surface area contributed by atoms with Crippen LogP contribution in [0, 0.1) is 17.8 Å². The highest BCUT2D eigenvalue weighted by atomic mass is 16.2. The van der Waals surface area contributed by atoms with Gasteiger partial charge in [-0.25, -0.2) is 4.79 Å². The Labute approximate surface area is 167 Å². The number of carbonyl (C=O) groups is 3. The summed E-state index contributed by atoms with van der Waals surface area (Å²) in [6.07, 6.45) is 7.02. The van der Waals surface area contributed by atoms with Gasteiger partial charge in [-0.15, -0.1) is 6.58 Å².